The summed E-state index contributed by atoms with van der Waals surface area (Å²) in [6.45, 7) is 17.5. The number of para-hydroxylation sites is 1. The number of rotatable bonds is 17. The summed E-state index contributed by atoms with van der Waals surface area (Å²) in [7, 11) is 0. The number of fused-ring (bicyclic) bond motifs is 4. The van der Waals surface area contributed by atoms with Crippen LogP contribution < -0.4 is 20.5 Å². The van der Waals surface area contributed by atoms with Crippen LogP contribution in [0.4, 0.5) is 30.5 Å². The maximum absolute atomic E-state index is 16.1. The average Bonchev–Trinajstić information content (AvgIpc) is 3.81. The number of aromatic nitrogens is 5. The summed E-state index contributed by atoms with van der Waals surface area (Å²) < 4.78 is 56.6. The topological polar surface area (TPSA) is 120 Å². The number of halogens is 3. The third-order valence-electron chi connectivity index (χ3n) is 13.4. The predicted octanol–water partition coefficient (Wildman–Crippen LogP) is 9.95. The van der Waals surface area contributed by atoms with Crippen molar-refractivity contribution in [1.82, 2.24) is 34.1 Å². The van der Waals surface area contributed by atoms with Crippen molar-refractivity contribution in [3.8, 4) is 11.4 Å². The molecule has 0 amide bonds. The first kappa shape index (κ1) is 47.6. The molecule has 7 aromatic rings. The highest BCUT2D eigenvalue weighted by Crippen LogP contribution is 2.44. The van der Waals surface area contributed by atoms with Gasteiger partial charge in [0, 0.05) is 90.6 Å². The highest BCUT2D eigenvalue weighted by molar-refractivity contribution is 5.85. The summed E-state index contributed by atoms with van der Waals surface area (Å²) in [4.78, 5) is 32.9. The number of nitrogens with zero attached hydrogens (tertiary/aromatic N) is 7. The predicted molar refractivity (Wildman–Crippen MR) is 268 cm³/mol. The molecule has 0 spiro atoms. The molecule has 5 heterocycles. The first-order chi connectivity index (χ1) is 33.1. The molecule has 2 aliphatic heterocycles. The fraction of sp³-hybridized carbons (Fsp3) is 0.389. The lowest BCUT2D eigenvalue weighted by atomic mass is 9.87. The van der Waals surface area contributed by atoms with E-state index in [2.05, 4.69) is 43.8 Å². The lowest BCUT2D eigenvalue weighted by Gasteiger charge is -2.43. The summed E-state index contributed by atoms with van der Waals surface area (Å²) in [5, 5.41) is 15.4. The van der Waals surface area contributed by atoms with Crippen molar-refractivity contribution >= 4 is 39.3 Å². The summed E-state index contributed by atoms with van der Waals surface area (Å²) in [6.07, 6.45) is 6.49. The number of H-pyrrole nitrogens is 1. The summed E-state index contributed by atoms with van der Waals surface area (Å²) in [5.74, 6) is -0.919. The summed E-state index contributed by atoms with van der Waals surface area (Å²) in [5.41, 5.74) is 3.38. The highest BCUT2D eigenvalue weighted by Gasteiger charge is 2.41. The van der Waals surface area contributed by atoms with Crippen LogP contribution in [0.2, 0.25) is 0 Å². The van der Waals surface area contributed by atoms with Crippen molar-refractivity contribution in [3.63, 3.8) is 0 Å². The Morgan fingerprint density at radius 2 is 1.65 bits per heavy atom. The first-order valence-electron chi connectivity index (χ1n) is 24.0. The fourth-order valence-corrected chi connectivity index (χ4v) is 9.98. The standard InChI is InChI=1S/C54H62F3N9O3/c1-7-22-65-51(67)43-33-58-52(61-50(43)66(65)39-15-13-14-36(30-39)54(5,6)68)59-37-18-20-38(21-19-37)63-26-24-62(25-27-63)23-11-8-12-28-69-40-31-44(55)47(45(56)32-40)49-48-42(41-16-9-10-17-46(41)60-48)29-35(2)64(49)34-53(3,4)57/h7,9-10,13-21,30-33,35,49,60,68H,1,8,11-12,22-29,34H2,2-6H3,(H,58,59,61)/t35-,49-/m1/s1. The van der Waals surface area contributed by atoms with Crippen LogP contribution in [-0.2, 0) is 18.6 Å². The third-order valence-corrected chi connectivity index (χ3v) is 13.4. The van der Waals surface area contributed by atoms with Gasteiger partial charge in [0.2, 0.25) is 5.95 Å². The number of benzene rings is 4. The van der Waals surface area contributed by atoms with Crippen molar-refractivity contribution in [2.75, 3.05) is 56.1 Å². The second kappa shape index (κ2) is 19.5. The van der Waals surface area contributed by atoms with Crippen molar-refractivity contribution in [2.45, 2.75) is 90.2 Å². The molecular weight excluding hydrogens is 880 g/mol. The number of aromatic amines is 1. The molecule has 1 saturated heterocycles. The zero-order valence-electron chi connectivity index (χ0n) is 40.1. The second-order valence-corrected chi connectivity index (χ2v) is 19.6. The van der Waals surface area contributed by atoms with Gasteiger partial charge in [0.15, 0.2) is 5.65 Å². The van der Waals surface area contributed by atoms with Crippen molar-refractivity contribution in [2.24, 2.45) is 0 Å². The Morgan fingerprint density at radius 3 is 2.36 bits per heavy atom. The highest BCUT2D eigenvalue weighted by atomic mass is 19.1. The molecule has 362 valence electrons. The fourth-order valence-electron chi connectivity index (χ4n) is 9.98. The number of anilines is 3. The molecule has 3 N–H and O–H groups in total. The van der Waals surface area contributed by atoms with Gasteiger partial charge in [-0.3, -0.25) is 14.6 Å². The summed E-state index contributed by atoms with van der Waals surface area (Å²) >= 11 is 0. The molecule has 69 heavy (non-hydrogen) atoms. The van der Waals surface area contributed by atoms with Gasteiger partial charge in [-0.1, -0.05) is 36.4 Å². The van der Waals surface area contributed by atoms with Crippen LogP contribution in [0.5, 0.6) is 5.75 Å². The molecule has 12 nitrogen and oxygen atoms in total. The second-order valence-electron chi connectivity index (χ2n) is 19.6. The minimum atomic E-state index is -1.57. The Hall–Kier alpha value is -6.42. The van der Waals surface area contributed by atoms with E-state index in [-0.39, 0.29) is 36.0 Å². The molecule has 0 saturated carbocycles. The molecule has 4 aromatic carbocycles. The quantitative estimate of drug-likeness (QED) is 0.0606. The lowest BCUT2D eigenvalue weighted by molar-refractivity contribution is 0.0642. The van der Waals surface area contributed by atoms with Gasteiger partial charge in [0.1, 0.15) is 28.4 Å². The van der Waals surface area contributed by atoms with E-state index in [1.807, 2.05) is 72.5 Å². The van der Waals surface area contributed by atoms with Gasteiger partial charge in [-0.15, -0.1) is 6.58 Å². The van der Waals surface area contributed by atoms with E-state index >= 15 is 13.2 Å². The maximum Gasteiger partial charge on any atom is 0.278 e. The third kappa shape index (κ3) is 10.2. The minimum Gasteiger partial charge on any atom is -0.493 e. The van der Waals surface area contributed by atoms with Crippen molar-refractivity contribution in [1.29, 1.82) is 0 Å². The first-order valence-corrected chi connectivity index (χ1v) is 24.0. The number of hydrogen-bond acceptors (Lipinski definition) is 9. The molecule has 0 unspecified atom stereocenters. The Bertz CT molecular complexity index is 2990. The molecule has 1 fully saturated rings. The number of allylic oxidation sites excluding steroid dienone is 1. The summed E-state index contributed by atoms with van der Waals surface area (Å²) in [6, 6.07) is 25.0. The van der Waals surface area contributed by atoms with Gasteiger partial charge < -0.3 is 25.0 Å². The Balaban J connectivity index is 0.758. The van der Waals surface area contributed by atoms with Crippen LogP contribution >= 0.6 is 0 Å². The van der Waals surface area contributed by atoms with E-state index in [9.17, 15) is 9.90 Å². The average molecular weight is 942 g/mol. The van der Waals surface area contributed by atoms with Crippen molar-refractivity contribution in [3.05, 3.63) is 148 Å². The monoisotopic (exact) mass is 941 g/mol. The zero-order chi connectivity index (χ0) is 48.6. The van der Waals surface area contributed by atoms with Crippen LogP contribution in [0, 0.1) is 11.6 Å². The number of unbranched alkanes of at least 4 members (excludes halogenated alkanes) is 2. The van der Waals surface area contributed by atoms with E-state index in [1.54, 1.807) is 35.5 Å². The van der Waals surface area contributed by atoms with Gasteiger partial charge >= 0.3 is 0 Å². The number of piperazine rings is 1. The molecule has 9 rings (SSSR count). The number of hydrogen-bond donors (Lipinski definition) is 3. The minimum absolute atomic E-state index is 0.0217. The molecule has 15 heteroatoms. The number of nitrogens with one attached hydrogen (secondary N) is 2. The van der Waals surface area contributed by atoms with E-state index in [0.717, 1.165) is 79.8 Å². The van der Waals surface area contributed by atoms with E-state index in [1.165, 1.54) is 26.0 Å². The number of ether oxygens (including phenoxy) is 1. The van der Waals surface area contributed by atoms with E-state index in [0.29, 0.717) is 47.0 Å². The Labute approximate surface area is 401 Å². The molecule has 3 aromatic heterocycles. The Morgan fingerprint density at radius 1 is 0.913 bits per heavy atom. The van der Waals surface area contributed by atoms with Gasteiger partial charge in [0.25, 0.3) is 5.56 Å². The van der Waals surface area contributed by atoms with Crippen LogP contribution in [0.3, 0.4) is 0 Å². The number of aliphatic hydroxyl groups is 1. The Kier molecular flexibility index (Phi) is 13.5. The smallest absolute Gasteiger partial charge is 0.278 e. The molecule has 2 atom stereocenters. The van der Waals surface area contributed by atoms with Crippen LogP contribution in [0.1, 0.15) is 82.3 Å². The number of alkyl halides is 1. The maximum atomic E-state index is 16.1. The normalized spacial score (nSPS) is 17.1. The molecular formula is C54H62F3N9O3. The zero-order valence-corrected chi connectivity index (χ0v) is 40.1. The van der Waals surface area contributed by atoms with Crippen LogP contribution in [0.25, 0.3) is 27.6 Å². The van der Waals surface area contributed by atoms with Gasteiger partial charge in [-0.25, -0.2) is 27.5 Å². The molecule has 0 aliphatic carbocycles. The molecule has 0 bridgehead atoms. The van der Waals surface area contributed by atoms with Crippen LogP contribution in [-0.4, -0.2) is 96.8 Å². The van der Waals surface area contributed by atoms with Crippen molar-refractivity contribution < 1.29 is 23.0 Å². The van der Waals surface area contributed by atoms with E-state index in [4.69, 9.17) is 9.72 Å². The van der Waals surface area contributed by atoms with E-state index < -0.39 is 28.9 Å². The van der Waals surface area contributed by atoms with Gasteiger partial charge in [-0.2, -0.15) is 4.98 Å². The molecule has 2 aliphatic rings. The lowest BCUT2D eigenvalue weighted by Crippen LogP contribution is -2.48. The molecule has 0 radical (unpaired) electrons. The largest absolute Gasteiger partial charge is 0.493 e. The van der Waals surface area contributed by atoms with Gasteiger partial charge in [0.05, 0.1) is 30.5 Å². The van der Waals surface area contributed by atoms with Gasteiger partial charge in [-0.05, 0) is 120 Å². The SMILES string of the molecule is C=CCn1c(=O)c2cnc(Nc3ccc(N4CCN(CCCCCOc5cc(F)c([C@@H]6c7[nH]c8ccccc8c7C[C@@H](C)N6CC(C)(C)F)c(F)c5)CC4)cc3)nc2n1-c1cccc(C(C)(C)O)c1. The van der Waals surface area contributed by atoms with Crippen LogP contribution in [0.15, 0.2) is 109 Å².